The molecule has 19 heavy (non-hydrogen) atoms. The Balaban J connectivity index is 2.19. The Labute approximate surface area is 109 Å². The van der Waals surface area contributed by atoms with Crippen LogP contribution >= 0.6 is 0 Å². The number of hydrogen-bond donors (Lipinski definition) is 3. The van der Waals surface area contributed by atoms with Gasteiger partial charge in [-0.1, -0.05) is 0 Å². The number of aromatic carboxylic acids is 1. The van der Waals surface area contributed by atoms with Gasteiger partial charge in [0.1, 0.15) is 5.82 Å². The lowest BCUT2D eigenvalue weighted by Gasteiger charge is -2.23. The molecule has 100 valence electrons. The maximum Gasteiger partial charge on any atom is 0.357 e. The van der Waals surface area contributed by atoms with E-state index >= 15 is 0 Å². The quantitative estimate of drug-likeness (QED) is 0.732. The topological polar surface area (TPSA) is 106 Å². The Morgan fingerprint density at radius 2 is 2.42 bits per heavy atom. The van der Waals surface area contributed by atoms with Crippen molar-refractivity contribution in [2.45, 2.75) is 18.9 Å². The summed E-state index contributed by atoms with van der Waals surface area (Å²) in [5.41, 5.74) is 6.51. The van der Waals surface area contributed by atoms with E-state index in [0.717, 1.165) is 31.4 Å². The van der Waals surface area contributed by atoms with Crippen LogP contribution in [0.25, 0.3) is 10.9 Å². The van der Waals surface area contributed by atoms with E-state index in [1.807, 2.05) is 0 Å². The molecule has 0 saturated carbocycles. The van der Waals surface area contributed by atoms with Crippen LogP contribution in [0.15, 0.2) is 12.3 Å². The summed E-state index contributed by atoms with van der Waals surface area (Å²) in [6, 6.07) is 1.92. The minimum absolute atomic E-state index is 0.0221. The molecule has 0 amide bonds. The van der Waals surface area contributed by atoms with Gasteiger partial charge in [0.05, 0.1) is 16.9 Å². The summed E-state index contributed by atoms with van der Waals surface area (Å²) in [5.74, 6) is -0.864. The van der Waals surface area contributed by atoms with Crippen LogP contribution in [0.5, 0.6) is 0 Å². The number of rotatable bonds is 2. The van der Waals surface area contributed by atoms with E-state index in [4.69, 9.17) is 5.73 Å². The molecule has 1 fully saturated rings. The van der Waals surface area contributed by atoms with Crippen molar-refractivity contribution in [1.29, 1.82) is 0 Å². The standard InChI is InChI=1S/C12H15N5O2/c13-11-9-8(3-5-15-11)17(16-10(9)12(18)19)7-2-1-4-14-6-7/h3,5,7,14H,1-2,4,6H2,(H2,13,15)(H,18,19)/t7-/m1/s1. The van der Waals surface area contributed by atoms with Crippen molar-refractivity contribution < 1.29 is 9.90 Å². The van der Waals surface area contributed by atoms with Gasteiger partial charge < -0.3 is 16.2 Å². The number of nitrogens with zero attached hydrogens (tertiary/aromatic N) is 3. The molecule has 0 unspecified atom stereocenters. The van der Waals surface area contributed by atoms with Gasteiger partial charge in [-0.25, -0.2) is 9.78 Å². The zero-order valence-corrected chi connectivity index (χ0v) is 10.3. The first-order chi connectivity index (χ1) is 9.18. The maximum absolute atomic E-state index is 11.3. The Hall–Kier alpha value is -2.15. The molecule has 2 aromatic rings. The molecule has 0 aliphatic carbocycles. The third-order valence-corrected chi connectivity index (χ3v) is 3.47. The van der Waals surface area contributed by atoms with Crippen LogP contribution < -0.4 is 11.1 Å². The fourth-order valence-electron chi connectivity index (χ4n) is 2.58. The Bertz CT molecular complexity index is 630. The summed E-state index contributed by atoms with van der Waals surface area (Å²) in [6.07, 6.45) is 3.61. The molecule has 0 bridgehead atoms. The highest BCUT2D eigenvalue weighted by Crippen LogP contribution is 2.27. The number of aromatic nitrogens is 3. The van der Waals surface area contributed by atoms with Crippen LogP contribution in [-0.2, 0) is 0 Å². The zero-order chi connectivity index (χ0) is 13.4. The van der Waals surface area contributed by atoms with Gasteiger partial charge in [0, 0.05) is 12.7 Å². The van der Waals surface area contributed by atoms with Crippen LogP contribution in [0, 0.1) is 0 Å². The lowest BCUT2D eigenvalue weighted by atomic mass is 10.1. The molecule has 7 nitrogen and oxygen atoms in total. The highest BCUT2D eigenvalue weighted by atomic mass is 16.4. The van der Waals surface area contributed by atoms with Crippen LogP contribution in [0.2, 0.25) is 0 Å². The molecule has 2 aromatic heterocycles. The second-order valence-electron chi connectivity index (χ2n) is 4.69. The lowest BCUT2D eigenvalue weighted by Crippen LogP contribution is -2.32. The number of fused-ring (bicyclic) bond motifs is 1. The van der Waals surface area contributed by atoms with Gasteiger partial charge in [-0.15, -0.1) is 0 Å². The highest BCUT2D eigenvalue weighted by molar-refractivity contribution is 6.05. The van der Waals surface area contributed by atoms with Crippen molar-refractivity contribution in [1.82, 2.24) is 20.1 Å². The number of pyridine rings is 1. The molecule has 7 heteroatoms. The first-order valence-corrected chi connectivity index (χ1v) is 6.25. The largest absolute Gasteiger partial charge is 0.476 e. The van der Waals surface area contributed by atoms with Gasteiger partial charge >= 0.3 is 5.97 Å². The molecule has 1 aliphatic heterocycles. The monoisotopic (exact) mass is 261 g/mol. The predicted octanol–water partition coefficient (Wildman–Crippen LogP) is 0.636. The van der Waals surface area contributed by atoms with Gasteiger partial charge in [-0.05, 0) is 25.5 Å². The SMILES string of the molecule is Nc1nccc2c1c(C(=O)O)nn2[C@@H]1CCCNC1. The third kappa shape index (κ3) is 1.91. The number of nitrogen functional groups attached to an aromatic ring is 1. The number of anilines is 1. The van der Waals surface area contributed by atoms with Crippen LogP contribution in [0.4, 0.5) is 5.82 Å². The number of hydrogen-bond acceptors (Lipinski definition) is 5. The molecule has 4 N–H and O–H groups in total. The van der Waals surface area contributed by atoms with Gasteiger partial charge in [-0.2, -0.15) is 5.10 Å². The van der Waals surface area contributed by atoms with Crippen molar-refractivity contribution >= 4 is 22.7 Å². The van der Waals surface area contributed by atoms with E-state index in [1.54, 1.807) is 16.9 Å². The summed E-state index contributed by atoms with van der Waals surface area (Å²) in [5, 5.41) is 17.2. The van der Waals surface area contributed by atoms with Crippen molar-refractivity contribution in [2.24, 2.45) is 0 Å². The Kier molecular flexibility index (Phi) is 2.83. The fraction of sp³-hybridized carbons (Fsp3) is 0.417. The molecular formula is C12H15N5O2. The van der Waals surface area contributed by atoms with Gasteiger partial charge in [-0.3, -0.25) is 4.68 Å². The molecule has 3 rings (SSSR count). The van der Waals surface area contributed by atoms with E-state index in [2.05, 4.69) is 15.4 Å². The van der Waals surface area contributed by atoms with E-state index in [9.17, 15) is 9.90 Å². The predicted molar refractivity (Wildman–Crippen MR) is 70.0 cm³/mol. The third-order valence-electron chi connectivity index (χ3n) is 3.47. The minimum Gasteiger partial charge on any atom is -0.476 e. The maximum atomic E-state index is 11.3. The molecule has 3 heterocycles. The molecule has 0 spiro atoms. The van der Waals surface area contributed by atoms with E-state index in [0.29, 0.717) is 5.39 Å². The van der Waals surface area contributed by atoms with Crippen LogP contribution in [0.1, 0.15) is 29.4 Å². The van der Waals surface area contributed by atoms with Crippen LogP contribution in [-0.4, -0.2) is 38.9 Å². The molecular weight excluding hydrogens is 246 g/mol. The number of nitrogens with one attached hydrogen (secondary N) is 1. The fourth-order valence-corrected chi connectivity index (χ4v) is 2.58. The first kappa shape index (κ1) is 11.9. The van der Waals surface area contributed by atoms with Crippen molar-refractivity contribution in [2.75, 3.05) is 18.8 Å². The van der Waals surface area contributed by atoms with Crippen molar-refractivity contribution in [3.05, 3.63) is 18.0 Å². The van der Waals surface area contributed by atoms with Gasteiger partial charge in [0.2, 0.25) is 0 Å². The number of piperidine rings is 1. The molecule has 0 radical (unpaired) electrons. The van der Waals surface area contributed by atoms with Gasteiger partial charge in [0.25, 0.3) is 0 Å². The molecule has 1 aliphatic rings. The zero-order valence-electron chi connectivity index (χ0n) is 10.3. The second kappa shape index (κ2) is 4.51. The van der Waals surface area contributed by atoms with E-state index < -0.39 is 5.97 Å². The normalized spacial score (nSPS) is 19.7. The average molecular weight is 261 g/mol. The Morgan fingerprint density at radius 3 is 3.11 bits per heavy atom. The van der Waals surface area contributed by atoms with Gasteiger partial charge in [0.15, 0.2) is 5.69 Å². The summed E-state index contributed by atoms with van der Waals surface area (Å²) < 4.78 is 1.77. The number of carboxylic acid groups (broad SMARTS) is 1. The average Bonchev–Trinajstić information content (AvgIpc) is 2.81. The van der Waals surface area contributed by atoms with Crippen molar-refractivity contribution in [3.63, 3.8) is 0 Å². The minimum atomic E-state index is -1.08. The summed E-state index contributed by atoms with van der Waals surface area (Å²) in [6.45, 7) is 1.78. The Morgan fingerprint density at radius 1 is 1.58 bits per heavy atom. The second-order valence-corrected chi connectivity index (χ2v) is 4.69. The lowest BCUT2D eigenvalue weighted by molar-refractivity contribution is 0.0691. The number of nitrogens with two attached hydrogens (primary N) is 1. The number of carboxylic acids is 1. The number of carbonyl (C=O) groups is 1. The summed E-state index contributed by atoms with van der Waals surface area (Å²) in [7, 11) is 0. The summed E-state index contributed by atoms with van der Waals surface area (Å²) in [4.78, 5) is 15.2. The van der Waals surface area contributed by atoms with E-state index in [-0.39, 0.29) is 17.6 Å². The van der Waals surface area contributed by atoms with Crippen LogP contribution in [0.3, 0.4) is 0 Å². The smallest absolute Gasteiger partial charge is 0.357 e. The highest BCUT2D eigenvalue weighted by Gasteiger charge is 2.24. The molecule has 1 saturated heterocycles. The first-order valence-electron chi connectivity index (χ1n) is 6.25. The molecule has 0 aromatic carbocycles. The molecule has 1 atom stereocenters. The van der Waals surface area contributed by atoms with E-state index in [1.165, 1.54) is 0 Å². The van der Waals surface area contributed by atoms with Crippen molar-refractivity contribution in [3.8, 4) is 0 Å². The summed E-state index contributed by atoms with van der Waals surface area (Å²) >= 11 is 0.